The van der Waals surface area contributed by atoms with Gasteiger partial charge in [-0.1, -0.05) is 32.8 Å². The number of hydrogen-bond donors (Lipinski definition) is 2. The lowest BCUT2D eigenvalue weighted by molar-refractivity contribution is 0.0996. The van der Waals surface area contributed by atoms with Gasteiger partial charge in [-0.25, -0.2) is 0 Å². The first-order valence-corrected chi connectivity index (χ1v) is 9.27. The largest absolute Gasteiger partial charge is 0.399 e. The predicted molar refractivity (Wildman–Crippen MR) is 105 cm³/mol. The van der Waals surface area contributed by atoms with Crippen LogP contribution in [-0.2, 0) is 6.54 Å². The van der Waals surface area contributed by atoms with Gasteiger partial charge in [0.1, 0.15) is 0 Å². The quantitative estimate of drug-likeness (QED) is 0.790. The summed E-state index contributed by atoms with van der Waals surface area (Å²) < 4.78 is 0. The van der Waals surface area contributed by atoms with E-state index in [4.69, 9.17) is 5.73 Å². The zero-order chi connectivity index (χ0) is 17.8. The minimum Gasteiger partial charge on any atom is -0.399 e. The number of nitrogens with one attached hydrogen (secondary N) is 1. The number of nitrogen functional groups attached to an aromatic ring is 1. The van der Waals surface area contributed by atoms with Crippen LogP contribution >= 0.6 is 0 Å². The molecule has 0 aromatic heterocycles. The molecule has 1 saturated carbocycles. The predicted octanol–water partition coefficient (Wildman–Crippen LogP) is 4.81. The standard InChI is InChI=1S/C19H21N3O.C2H6/c20-14-8-9-18-13(10-14)12-22(19(18)23)17-7-3-6-16(11-17)21-15-4-1-2-5-15;1-2/h3,6-11,15,21H,1-2,4-5,12,20H2;1-2H3. The van der Waals surface area contributed by atoms with Crippen LogP contribution in [0.5, 0.6) is 0 Å². The zero-order valence-corrected chi connectivity index (χ0v) is 15.1. The number of amides is 1. The second-order valence-electron chi connectivity index (χ2n) is 6.48. The first kappa shape index (κ1) is 17.3. The van der Waals surface area contributed by atoms with Crippen LogP contribution in [0.25, 0.3) is 0 Å². The van der Waals surface area contributed by atoms with E-state index in [-0.39, 0.29) is 5.91 Å². The van der Waals surface area contributed by atoms with Crippen molar-refractivity contribution in [1.29, 1.82) is 0 Å². The molecule has 1 fully saturated rings. The van der Waals surface area contributed by atoms with Crippen LogP contribution in [-0.4, -0.2) is 11.9 Å². The summed E-state index contributed by atoms with van der Waals surface area (Å²) in [5.41, 5.74) is 10.3. The number of fused-ring (bicyclic) bond motifs is 1. The van der Waals surface area contributed by atoms with Crippen molar-refractivity contribution in [3.63, 3.8) is 0 Å². The second kappa shape index (κ2) is 7.60. The van der Waals surface area contributed by atoms with E-state index < -0.39 is 0 Å². The number of rotatable bonds is 3. The fourth-order valence-corrected chi connectivity index (χ4v) is 3.62. The number of nitrogens with zero attached hydrogens (tertiary/aromatic N) is 1. The molecule has 0 bridgehead atoms. The van der Waals surface area contributed by atoms with Crippen molar-refractivity contribution in [1.82, 2.24) is 0 Å². The molecule has 2 aliphatic rings. The summed E-state index contributed by atoms with van der Waals surface area (Å²) in [7, 11) is 0. The van der Waals surface area contributed by atoms with E-state index in [0.29, 0.717) is 18.3 Å². The Bertz CT molecular complexity index is 751. The van der Waals surface area contributed by atoms with Gasteiger partial charge in [-0.3, -0.25) is 4.79 Å². The van der Waals surface area contributed by atoms with Crippen LogP contribution in [0.1, 0.15) is 55.5 Å². The maximum Gasteiger partial charge on any atom is 0.258 e. The van der Waals surface area contributed by atoms with Gasteiger partial charge in [0, 0.05) is 28.7 Å². The third kappa shape index (κ3) is 3.63. The lowest BCUT2D eigenvalue weighted by atomic mass is 10.1. The van der Waals surface area contributed by atoms with Crippen LogP contribution in [0.15, 0.2) is 42.5 Å². The average Bonchev–Trinajstić information content (AvgIpc) is 3.25. The molecule has 1 aliphatic carbocycles. The molecule has 0 atom stereocenters. The molecule has 0 unspecified atom stereocenters. The molecule has 0 saturated heterocycles. The fourth-order valence-electron chi connectivity index (χ4n) is 3.62. The van der Waals surface area contributed by atoms with E-state index >= 15 is 0 Å². The maximum atomic E-state index is 12.6. The van der Waals surface area contributed by atoms with Gasteiger partial charge >= 0.3 is 0 Å². The van der Waals surface area contributed by atoms with Gasteiger partial charge < -0.3 is 16.0 Å². The minimum atomic E-state index is 0.0537. The number of carbonyl (C=O) groups is 1. The first-order chi connectivity index (χ1) is 12.2. The van der Waals surface area contributed by atoms with E-state index in [9.17, 15) is 4.79 Å². The Morgan fingerprint density at radius 3 is 2.60 bits per heavy atom. The first-order valence-electron chi connectivity index (χ1n) is 9.27. The molecule has 132 valence electrons. The van der Waals surface area contributed by atoms with Crippen LogP contribution < -0.4 is 16.0 Å². The smallest absolute Gasteiger partial charge is 0.258 e. The van der Waals surface area contributed by atoms with Crippen molar-refractivity contribution in [2.75, 3.05) is 16.0 Å². The molecule has 2 aromatic rings. The van der Waals surface area contributed by atoms with E-state index in [1.165, 1.54) is 25.7 Å². The maximum absolute atomic E-state index is 12.6. The van der Waals surface area contributed by atoms with Crippen LogP contribution in [0.2, 0.25) is 0 Å². The molecule has 4 nitrogen and oxygen atoms in total. The van der Waals surface area contributed by atoms with Gasteiger partial charge in [-0.05, 0) is 54.8 Å². The number of benzene rings is 2. The highest BCUT2D eigenvalue weighted by molar-refractivity contribution is 6.10. The second-order valence-corrected chi connectivity index (χ2v) is 6.48. The number of carbonyl (C=O) groups excluding carboxylic acids is 1. The van der Waals surface area contributed by atoms with Gasteiger partial charge in [0.05, 0.1) is 6.54 Å². The number of nitrogens with two attached hydrogens (primary N) is 1. The Morgan fingerprint density at radius 2 is 1.84 bits per heavy atom. The Kier molecular flexibility index (Phi) is 5.27. The number of hydrogen-bond acceptors (Lipinski definition) is 3. The molecule has 1 amide bonds. The molecule has 0 radical (unpaired) electrons. The van der Waals surface area contributed by atoms with E-state index in [0.717, 1.165) is 22.5 Å². The third-order valence-electron chi connectivity index (χ3n) is 4.82. The minimum absolute atomic E-state index is 0.0537. The Hall–Kier alpha value is -2.49. The van der Waals surface area contributed by atoms with Gasteiger partial charge in [-0.15, -0.1) is 0 Å². The van der Waals surface area contributed by atoms with Crippen molar-refractivity contribution in [3.8, 4) is 0 Å². The summed E-state index contributed by atoms with van der Waals surface area (Å²) in [6.45, 7) is 4.59. The monoisotopic (exact) mass is 337 g/mol. The third-order valence-corrected chi connectivity index (χ3v) is 4.82. The summed E-state index contributed by atoms with van der Waals surface area (Å²) in [4.78, 5) is 14.5. The summed E-state index contributed by atoms with van der Waals surface area (Å²) in [6.07, 6.45) is 5.08. The molecule has 1 aliphatic heterocycles. The van der Waals surface area contributed by atoms with Crippen molar-refractivity contribution >= 4 is 23.0 Å². The molecular formula is C21H27N3O. The van der Waals surface area contributed by atoms with Gasteiger partial charge in [-0.2, -0.15) is 0 Å². The van der Waals surface area contributed by atoms with Gasteiger partial charge in [0.15, 0.2) is 0 Å². The summed E-state index contributed by atoms with van der Waals surface area (Å²) in [5, 5.41) is 3.59. The number of anilines is 3. The lowest BCUT2D eigenvalue weighted by Crippen LogP contribution is -2.23. The Labute approximate surface area is 150 Å². The normalized spacial score (nSPS) is 16.4. The molecule has 1 heterocycles. The molecule has 25 heavy (non-hydrogen) atoms. The molecule has 4 rings (SSSR count). The molecular weight excluding hydrogens is 310 g/mol. The average molecular weight is 337 g/mol. The fraction of sp³-hybridized carbons (Fsp3) is 0.381. The Balaban J connectivity index is 0.000000880. The molecule has 3 N–H and O–H groups in total. The summed E-state index contributed by atoms with van der Waals surface area (Å²) in [6, 6.07) is 14.2. The molecule has 2 aromatic carbocycles. The van der Waals surface area contributed by atoms with E-state index in [2.05, 4.69) is 17.4 Å². The molecule has 0 spiro atoms. The van der Waals surface area contributed by atoms with Crippen LogP contribution in [0, 0.1) is 0 Å². The van der Waals surface area contributed by atoms with Crippen molar-refractivity contribution in [2.24, 2.45) is 0 Å². The molecule has 4 heteroatoms. The van der Waals surface area contributed by atoms with Crippen LogP contribution in [0.4, 0.5) is 17.1 Å². The van der Waals surface area contributed by atoms with E-state index in [1.54, 1.807) is 6.07 Å². The van der Waals surface area contributed by atoms with Crippen molar-refractivity contribution < 1.29 is 4.79 Å². The topological polar surface area (TPSA) is 58.4 Å². The SMILES string of the molecule is CC.Nc1ccc2c(c1)CN(c1cccc(NC3CCCC3)c1)C2=O. The summed E-state index contributed by atoms with van der Waals surface area (Å²) in [5.74, 6) is 0.0537. The van der Waals surface area contributed by atoms with Gasteiger partial charge in [0.25, 0.3) is 5.91 Å². The highest BCUT2D eigenvalue weighted by atomic mass is 16.2. The van der Waals surface area contributed by atoms with Crippen LogP contribution in [0.3, 0.4) is 0 Å². The van der Waals surface area contributed by atoms with E-state index in [1.807, 2.05) is 43.0 Å². The highest BCUT2D eigenvalue weighted by Gasteiger charge is 2.28. The lowest BCUT2D eigenvalue weighted by Gasteiger charge is -2.19. The Morgan fingerprint density at radius 1 is 1.08 bits per heavy atom. The van der Waals surface area contributed by atoms with Crippen molar-refractivity contribution in [3.05, 3.63) is 53.6 Å². The van der Waals surface area contributed by atoms with Gasteiger partial charge in [0.2, 0.25) is 0 Å². The van der Waals surface area contributed by atoms with Crippen molar-refractivity contribution in [2.45, 2.75) is 52.1 Å². The summed E-state index contributed by atoms with van der Waals surface area (Å²) >= 11 is 0. The highest BCUT2D eigenvalue weighted by Crippen LogP contribution is 2.31. The zero-order valence-electron chi connectivity index (χ0n) is 15.1.